The molecule has 3 aliphatic rings. The summed E-state index contributed by atoms with van der Waals surface area (Å²) in [4.78, 5) is 40.8. The average molecular weight is 387 g/mol. The third kappa shape index (κ3) is 3.36. The van der Waals surface area contributed by atoms with Crippen molar-refractivity contribution in [2.45, 2.75) is 83.4 Å². The maximum Gasteiger partial charge on any atom is 0.268 e. The molecule has 152 valence electrons. The number of aliphatic hydroxyl groups is 1. The molecule has 0 unspecified atom stereocenters. The molecule has 1 aromatic rings. The van der Waals surface area contributed by atoms with Crippen LogP contribution in [-0.2, 0) is 11.2 Å². The summed E-state index contributed by atoms with van der Waals surface area (Å²) >= 11 is 0. The van der Waals surface area contributed by atoms with E-state index in [1.54, 1.807) is 0 Å². The predicted molar refractivity (Wildman–Crippen MR) is 103 cm³/mol. The van der Waals surface area contributed by atoms with Gasteiger partial charge in [-0.2, -0.15) is 0 Å². The number of carbonyl (C=O) groups is 3. The summed E-state index contributed by atoms with van der Waals surface area (Å²) in [5.74, 6) is -0.491. The SMILES string of the molecule is Cc1c(C(=O)N[C@@H]2CCC[C@H]2NC(=O)C2(O)CC2)[nH]c2c1C(=O)CC(C)(C)C2. The predicted octanol–water partition coefficient (Wildman–Crippen LogP) is 1.77. The maximum atomic E-state index is 12.9. The first kappa shape index (κ1) is 19.2. The van der Waals surface area contributed by atoms with Gasteiger partial charge in [0.25, 0.3) is 11.8 Å². The van der Waals surface area contributed by atoms with E-state index in [4.69, 9.17) is 0 Å². The molecule has 4 rings (SSSR count). The molecule has 1 heterocycles. The zero-order chi connectivity index (χ0) is 20.3. The number of H-pyrrole nitrogens is 1. The van der Waals surface area contributed by atoms with Crippen molar-refractivity contribution in [1.29, 1.82) is 0 Å². The van der Waals surface area contributed by atoms with E-state index in [1.807, 2.05) is 6.92 Å². The number of rotatable bonds is 4. The molecule has 28 heavy (non-hydrogen) atoms. The molecule has 3 aliphatic carbocycles. The molecular formula is C21H29N3O4. The fraction of sp³-hybridized carbons (Fsp3) is 0.667. The average Bonchev–Trinajstić information content (AvgIpc) is 3.05. The molecule has 7 heteroatoms. The van der Waals surface area contributed by atoms with Crippen LogP contribution in [0.1, 0.15) is 84.5 Å². The summed E-state index contributed by atoms with van der Waals surface area (Å²) in [6.45, 7) is 5.93. The van der Waals surface area contributed by atoms with E-state index in [1.165, 1.54) is 0 Å². The molecule has 2 amide bonds. The number of ketones is 1. The van der Waals surface area contributed by atoms with Gasteiger partial charge in [-0.3, -0.25) is 14.4 Å². The molecule has 0 aliphatic heterocycles. The second-order valence-corrected chi connectivity index (χ2v) is 9.54. The summed E-state index contributed by atoms with van der Waals surface area (Å²) in [6.07, 6.45) is 4.68. The molecular weight excluding hydrogens is 358 g/mol. The Kier molecular flexibility index (Phi) is 4.41. The highest BCUT2D eigenvalue weighted by atomic mass is 16.3. The highest BCUT2D eigenvalue weighted by Crippen LogP contribution is 2.37. The van der Waals surface area contributed by atoms with Crippen molar-refractivity contribution in [2.24, 2.45) is 5.41 Å². The Morgan fingerprint density at radius 1 is 1.11 bits per heavy atom. The van der Waals surface area contributed by atoms with E-state index in [-0.39, 0.29) is 35.1 Å². The van der Waals surface area contributed by atoms with Crippen LogP contribution in [0.4, 0.5) is 0 Å². The Labute approximate surface area is 164 Å². The van der Waals surface area contributed by atoms with Gasteiger partial charge in [0.05, 0.1) is 0 Å². The normalized spacial score (nSPS) is 27.2. The standard InChI is InChI=1S/C21H29N3O4/c1-11-16-14(9-20(2,3)10-15(16)25)22-17(11)18(26)23-12-5-4-6-13(12)24-19(27)21(28)7-8-21/h12-13,22,28H,4-10H2,1-3H3,(H,23,26)(H,24,27)/t12-,13-/m1/s1. The Hall–Kier alpha value is -2.15. The molecule has 1 aromatic heterocycles. The summed E-state index contributed by atoms with van der Waals surface area (Å²) in [7, 11) is 0. The quantitative estimate of drug-likeness (QED) is 0.631. The smallest absolute Gasteiger partial charge is 0.268 e. The number of nitrogens with one attached hydrogen (secondary N) is 3. The molecule has 0 saturated heterocycles. The van der Waals surface area contributed by atoms with Gasteiger partial charge in [-0.1, -0.05) is 13.8 Å². The van der Waals surface area contributed by atoms with E-state index in [2.05, 4.69) is 29.5 Å². The molecule has 0 spiro atoms. The lowest BCUT2D eigenvalue weighted by molar-refractivity contribution is -0.132. The van der Waals surface area contributed by atoms with E-state index in [9.17, 15) is 19.5 Å². The minimum Gasteiger partial charge on any atom is -0.380 e. The van der Waals surface area contributed by atoms with Crippen LogP contribution in [-0.4, -0.2) is 45.4 Å². The molecule has 2 fully saturated rings. The number of amides is 2. The maximum absolute atomic E-state index is 12.9. The molecule has 2 atom stereocenters. The summed E-state index contributed by atoms with van der Waals surface area (Å²) in [5, 5.41) is 15.9. The second-order valence-electron chi connectivity index (χ2n) is 9.54. The number of carbonyl (C=O) groups excluding carboxylic acids is 3. The van der Waals surface area contributed by atoms with Crippen molar-refractivity contribution >= 4 is 17.6 Å². The largest absolute Gasteiger partial charge is 0.380 e. The minimum absolute atomic E-state index is 0.0859. The number of aromatic amines is 1. The van der Waals surface area contributed by atoms with Gasteiger partial charge in [-0.15, -0.1) is 0 Å². The van der Waals surface area contributed by atoms with E-state index >= 15 is 0 Å². The van der Waals surface area contributed by atoms with Crippen molar-refractivity contribution in [1.82, 2.24) is 15.6 Å². The molecule has 7 nitrogen and oxygen atoms in total. The van der Waals surface area contributed by atoms with Crippen molar-refractivity contribution in [3.63, 3.8) is 0 Å². The van der Waals surface area contributed by atoms with Gasteiger partial charge in [0.15, 0.2) is 5.78 Å². The van der Waals surface area contributed by atoms with Crippen molar-refractivity contribution in [3.8, 4) is 0 Å². The van der Waals surface area contributed by atoms with Crippen molar-refractivity contribution in [2.75, 3.05) is 0 Å². The Morgan fingerprint density at radius 2 is 1.75 bits per heavy atom. The van der Waals surface area contributed by atoms with Crippen LogP contribution >= 0.6 is 0 Å². The fourth-order valence-corrected chi connectivity index (χ4v) is 4.65. The molecule has 0 bridgehead atoms. The highest BCUT2D eigenvalue weighted by Gasteiger charge is 2.49. The Balaban J connectivity index is 1.48. The highest BCUT2D eigenvalue weighted by molar-refractivity contribution is 6.04. The van der Waals surface area contributed by atoms with Gasteiger partial charge in [0.1, 0.15) is 11.3 Å². The van der Waals surface area contributed by atoms with Gasteiger partial charge in [0.2, 0.25) is 0 Å². The summed E-state index contributed by atoms with van der Waals surface area (Å²) < 4.78 is 0. The van der Waals surface area contributed by atoms with Crippen LogP contribution in [0.15, 0.2) is 0 Å². The van der Waals surface area contributed by atoms with Crippen LogP contribution in [0.3, 0.4) is 0 Å². The van der Waals surface area contributed by atoms with Crippen LogP contribution < -0.4 is 10.6 Å². The number of hydrogen-bond donors (Lipinski definition) is 4. The summed E-state index contributed by atoms with van der Waals surface area (Å²) in [5.41, 5.74) is 1.33. The minimum atomic E-state index is -1.21. The molecule has 4 N–H and O–H groups in total. The topological polar surface area (TPSA) is 111 Å². The van der Waals surface area contributed by atoms with Gasteiger partial charge in [0, 0.05) is 29.8 Å². The zero-order valence-electron chi connectivity index (χ0n) is 16.8. The first-order valence-electron chi connectivity index (χ1n) is 10.2. The third-order valence-electron chi connectivity index (χ3n) is 6.42. The lowest BCUT2D eigenvalue weighted by atomic mass is 9.75. The monoisotopic (exact) mass is 387 g/mol. The number of hydrogen-bond acceptors (Lipinski definition) is 4. The first-order chi connectivity index (χ1) is 13.1. The fourth-order valence-electron chi connectivity index (χ4n) is 4.65. The number of fused-ring (bicyclic) bond motifs is 1. The van der Waals surface area contributed by atoms with Crippen LogP contribution in [0.2, 0.25) is 0 Å². The first-order valence-corrected chi connectivity index (χ1v) is 10.2. The van der Waals surface area contributed by atoms with Gasteiger partial charge < -0.3 is 20.7 Å². The molecule has 0 aromatic carbocycles. The Bertz CT molecular complexity index is 850. The number of aromatic nitrogens is 1. The zero-order valence-corrected chi connectivity index (χ0v) is 16.8. The lowest BCUT2D eigenvalue weighted by Crippen LogP contribution is -2.51. The van der Waals surface area contributed by atoms with Crippen LogP contribution in [0.25, 0.3) is 0 Å². The van der Waals surface area contributed by atoms with E-state index in [0.29, 0.717) is 36.1 Å². The van der Waals surface area contributed by atoms with Crippen LogP contribution in [0.5, 0.6) is 0 Å². The lowest BCUT2D eigenvalue weighted by Gasteiger charge is -2.28. The third-order valence-corrected chi connectivity index (χ3v) is 6.42. The molecule has 0 radical (unpaired) electrons. The van der Waals surface area contributed by atoms with Crippen LogP contribution in [0, 0.1) is 12.3 Å². The Morgan fingerprint density at radius 3 is 2.39 bits per heavy atom. The van der Waals surface area contributed by atoms with Gasteiger partial charge >= 0.3 is 0 Å². The van der Waals surface area contributed by atoms with Crippen molar-refractivity contribution < 1.29 is 19.5 Å². The van der Waals surface area contributed by atoms with Crippen molar-refractivity contribution in [3.05, 3.63) is 22.5 Å². The van der Waals surface area contributed by atoms with E-state index in [0.717, 1.165) is 31.4 Å². The van der Waals surface area contributed by atoms with Gasteiger partial charge in [-0.05, 0) is 56.4 Å². The molecule has 2 saturated carbocycles. The van der Waals surface area contributed by atoms with Gasteiger partial charge in [-0.25, -0.2) is 0 Å². The summed E-state index contributed by atoms with van der Waals surface area (Å²) in [6, 6.07) is -0.350. The number of Topliss-reactive ketones (excluding diaryl/α,β-unsaturated/α-hetero) is 1. The van der Waals surface area contributed by atoms with E-state index < -0.39 is 5.60 Å². The second kappa shape index (κ2) is 6.44.